The number of hydrogen-bond acceptors (Lipinski definition) is 1. The van der Waals surface area contributed by atoms with Crippen LogP contribution in [0.2, 0.25) is 0 Å². The van der Waals surface area contributed by atoms with E-state index in [1.807, 2.05) is 6.20 Å². The highest BCUT2D eigenvalue weighted by atomic mass is 79.9. The molecule has 2 nitrogen and oxygen atoms in total. The molecule has 0 N–H and O–H groups in total. The highest BCUT2D eigenvalue weighted by Gasteiger charge is 2.29. The van der Waals surface area contributed by atoms with Crippen molar-refractivity contribution >= 4 is 15.9 Å². The van der Waals surface area contributed by atoms with Gasteiger partial charge in [0.2, 0.25) is 0 Å². The van der Waals surface area contributed by atoms with E-state index >= 15 is 0 Å². The zero-order chi connectivity index (χ0) is 11.8. The van der Waals surface area contributed by atoms with Gasteiger partial charge in [-0.2, -0.15) is 5.10 Å². The van der Waals surface area contributed by atoms with Crippen LogP contribution in [0.25, 0.3) is 11.1 Å². The summed E-state index contributed by atoms with van der Waals surface area (Å²) in [4.78, 5) is 0. The van der Waals surface area contributed by atoms with Gasteiger partial charge in [0.1, 0.15) is 0 Å². The standard InChI is InChI=1S/C14H15BrN2/c1-10(11-2-3-11)17-9-13(8-16-17)12-4-6-14(15)7-5-12/h4-11H,2-3H2,1H3. The molecule has 1 aromatic heterocycles. The summed E-state index contributed by atoms with van der Waals surface area (Å²) >= 11 is 3.45. The summed E-state index contributed by atoms with van der Waals surface area (Å²) in [5, 5.41) is 4.48. The van der Waals surface area contributed by atoms with Gasteiger partial charge in [-0.3, -0.25) is 4.68 Å². The first-order valence-electron chi connectivity index (χ1n) is 6.04. The molecule has 88 valence electrons. The Morgan fingerprint density at radius 3 is 2.59 bits per heavy atom. The minimum absolute atomic E-state index is 0.541. The zero-order valence-corrected chi connectivity index (χ0v) is 11.4. The summed E-state index contributed by atoms with van der Waals surface area (Å²) in [6.45, 7) is 2.26. The van der Waals surface area contributed by atoms with E-state index in [1.54, 1.807) is 0 Å². The van der Waals surface area contributed by atoms with Crippen molar-refractivity contribution in [3.63, 3.8) is 0 Å². The van der Waals surface area contributed by atoms with Gasteiger partial charge >= 0.3 is 0 Å². The lowest BCUT2D eigenvalue weighted by Gasteiger charge is -2.09. The molecular weight excluding hydrogens is 276 g/mol. The Balaban J connectivity index is 1.86. The molecule has 2 aromatic rings. The molecule has 0 spiro atoms. The van der Waals surface area contributed by atoms with Crippen LogP contribution in [-0.2, 0) is 0 Å². The van der Waals surface area contributed by atoms with E-state index in [0.717, 1.165) is 10.4 Å². The largest absolute Gasteiger partial charge is 0.269 e. The maximum atomic E-state index is 4.48. The molecule has 3 rings (SSSR count). The lowest BCUT2D eigenvalue weighted by Crippen LogP contribution is -2.06. The Bertz CT molecular complexity index is 511. The zero-order valence-electron chi connectivity index (χ0n) is 9.81. The van der Waals surface area contributed by atoms with Gasteiger partial charge in [0, 0.05) is 16.2 Å². The topological polar surface area (TPSA) is 17.8 Å². The van der Waals surface area contributed by atoms with Crippen LogP contribution in [-0.4, -0.2) is 9.78 Å². The van der Waals surface area contributed by atoms with Crippen molar-refractivity contribution in [2.75, 3.05) is 0 Å². The quantitative estimate of drug-likeness (QED) is 0.825. The predicted molar refractivity (Wildman–Crippen MR) is 72.8 cm³/mol. The normalized spacial score (nSPS) is 17.1. The fourth-order valence-electron chi connectivity index (χ4n) is 2.15. The second kappa shape index (κ2) is 4.30. The van der Waals surface area contributed by atoms with E-state index in [0.29, 0.717) is 6.04 Å². The van der Waals surface area contributed by atoms with Gasteiger partial charge in [0.25, 0.3) is 0 Å². The van der Waals surface area contributed by atoms with Gasteiger partial charge in [0.15, 0.2) is 0 Å². The molecule has 1 aromatic carbocycles. The second-order valence-corrected chi connectivity index (χ2v) is 5.71. The van der Waals surface area contributed by atoms with Gasteiger partial charge in [-0.25, -0.2) is 0 Å². The molecular formula is C14H15BrN2. The number of nitrogens with zero attached hydrogens (tertiary/aromatic N) is 2. The van der Waals surface area contributed by atoms with Gasteiger partial charge in [-0.05, 0) is 43.4 Å². The Labute approximate surface area is 110 Å². The average molecular weight is 291 g/mol. The first-order valence-corrected chi connectivity index (χ1v) is 6.83. The monoisotopic (exact) mass is 290 g/mol. The van der Waals surface area contributed by atoms with E-state index in [9.17, 15) is 0 Å². The highest BCUT2D eigenvalue weighted by molar-refractivity contribution is 9.10. The second-order valence-electron chi connectivity index (χ2n) is 4.79. The Kier molecular flexibility index (Phi) is 2.79. The van der Waals surface area contributed by atoms with Crippen molar-refractivity contribution in [1.82, 2.24) is 9.78 Å². The number of benzene rings is 1. The van der Waals surface area contributed by atoms with Crippen LogP contribution >= 0.6 is 15.9 Å². The lowest BCUT2D eigenvalue weighted by atomic mass is 10.1. The molecule has 1 saturated carbocycles. The molecule has 0 bridgehead atoms. The Hall–Kier alpha value is -1.09. The third-order valence-electron chi connectivity index (χ3n) is 3.50. The van der Waals surface area contributed by atoms with Crippen molar-refractivity contribution in [3.8, 4) is 11.1 Å². The first-order chi connectivity index (χ1) is 8.24. The molecule has 0 radical (unpaired) electrons. The number of aromatic nitrogens is 2. The van der Waals surface area contributed by atoms with Gasteiger partial charge < -0.3 is 0 Å². The van der Waals surface area contributed by atoms with E-state index in [2.05, 4.69) is 63.1 Å². The molecule has 0 aliphatic heterocycles. The molecule has 0 amide bonds. The summed E-state index contributed by atoms with van der Waals surface area (Å²) in [5.41, 5.74) is 2.42. The molecule has 3 heteroatoms. The van der Waals surface area contributed by atoms with Crippen LogP contribution in [0.1, 0.15) is 25.8 Å². The average Bonchev–Trinajstić information content (AvgIpc) is 3.07. The van der Waals surface area contributed by atoms with Crippen LogP contribution in [0.3, 0.4) is 0 Å². The fourth-order valence-corrected chi connectivity index (χ4v) is 2.41. The number of halogens is 1. The van der Waals surface area contributed by atoms with Crippen molar-refractivity contribution in [2.24, 2.45) is 5.92 Å². The van der Waals surface area contributed by atoms with E-state index < -0.39 is 0 Å². The first kappa shape index (κ1) is 11.0. The number of hydrogen-bond donors (Lipinski definition) is 0. The minimum Gasteiger partial charge on any atom is -0.269 e. The molecule has 17 heavy (non-hydrogen) atoms. The van der Waals surface area contributed by atoms with Gasteiger partial charge in [-0.1, -0.05) is 28.1 Å². The lowest BCUT2D eigenvalue weighted by molar-refractivity contribution is 0.440. The van der Waals surface area contributed by atoms with Crippen molar-refractivity contribution in [1.29, 1.82) is 0 Å². The van der Waals surface area contributed by atoms with Crippen molar-refractivity contribution in [3.05, 3.63) is 41.1 Å². The van der Waals surface area contributed by atoms with Crippen molar-refractivity contribution < 1.29 is 0 Å². The van der Waals surface area contributed by atoms with Crippen LogP contribution in [0, 0.1) is 5.92 Å². The van der Waals surface area contributed by atoms with E-state index in [1.165, 1.54) is 24.0 Å². The minimum atomic E-state index is 0.541. The molecule has 1 aliphatic carbocycles. The van der Waals surface area contributed by atoms with Gasteiger partial charge in [0.05, 0.1) is 12.2 Å². The summed E-state index contributed by atoms with van der Waals surface area (Å²) < 4.78 is 3.22. The van der Waals surface area contributed by atoms with Crippen molar-refractivity contribution in [2.45, 2.75) is 25.8 Å². The maximum Gasteiger partial charge on any atom is 0.0568 e. The SMILES string of the molecule is CC(C1CC1)n1cc(-c2ccc(Br)cc2)cn1. The third kappa shape index (κ3) is 2.29. The van der Waals surface area contributed by atoms with E-state index in [-0.39, 0.29) is 0 Å². The fraction of sp³-hybridized carbons (Fsp3) is 0.357. The Morgan fingerprint density at radius 1 is 1.24 bits per heavy atom. The molecule has 1 aliphatic rings. The maximum absolute atomic E-state index is 4.48. The summed E-state index contributed by atoms with van der Waals surface area (Å²) in [6.07, 6.45) is 6.83. The number of rotatable bonds is 3. The van der Waals surface area contributed by atoms with Crippen LogP contribution in [0.5, 0.6) is 0 Å². The third-order valence-corrected chi connectivity index (χ3v) is 4.03. The summed E-state index contributed by atoms with van der Waals surface area (Å²) in [6, 6.07) is 8.91. The summed E-state index contributed by atoms with van der Waals surface area (Å²) in [5.74, 6) is 0.840. The van der Waals surface area contributed by atoms with Crippen LogP contribution in [0.15, 0.2) is 41.1 Å². The van der Waals surface area contributed by atoms with Crippen LogP contribution in [0.4, 0.5) is 0 Å². The van der Waals surface area contributed by atoms with E-state index in [4.69, 9.17) is 0 Å². The molecule has 0 saturated heterocycles. The summed E-state index contributed by atoms with van der Waals surface area (Å²) in [7, 11) is 0. The molecule has 1 atom stereocenters. The smallest absolute Gasteiger partial charge is 0.0568 e. The Morgan fingerprint density at radius 2 is 1.94 bits per heavy atom. The highest BCUT2D eigenvalue weighted by Crippen LogP contribution is 2.39. The van der Waals surface area contributed by atoms with Gasteiger partial charge in [-0.15, -0.1) is 0 Å². The molecule has 1 heterocycles. The molecule has 1 unspecified atom stereocenters. The van der Waals surface area contributed by atoms with Crippen LogP contribution < -0.4 is 0 Å². The predicted octanol–water partition coefficient (Wildman–Crippen LogP) is 4.28. The molecule has 1 fully saturated rings.